The molecule has 0 aromatic heterocycles. The first kappa shape index (κ1) is 13.2. The maximum absolute atomic E-state index is 13.4. The number of benzene rings is 2. The van der Waals surface area contributed by atoms with E-state index in [1.807, 2.05) is 18.2 Å². The van der Waals surface area contributed by atoms with Crippen LogP contribution in [0.2, 0.25) is 0 Å². The standard InChI is InChI=1S/C15H15FN2O/c16-14-8-4-2-6-12(14)10-19-9-11-5-1-3-7-13(11)15(17)18/h1-8H,9-10H2,(H3,17,18). The van der Waals surface area contributed by atoms with E-state index in [1.165, 1.54) is 6.07 Å². The summed E-state index contributed by atoms with van der Waals surface area (Å²) in [6, 6.07) is 13.8. The highest BCUT2D eigenvalue weighted by Gasteiger charge is 2.05. The Morgan fingerprint density at radius 3 is 2.26 bits per heavy atom. The van der Waals surface area contributed by atoms with Gasteiger partial charge in [0.1, 0.15) is 11.7 Å². The maximum atomic E-state index is 13.4. The van der Waals surface area contributed by atoms with Gasteiger partial charge in [-0.3, -0.25) is 5.41 Å². The molecule has 0 saturated heterocycles. The molecule has 3 N–H and O–H groups in total. The number of rotatable bonds is 5. The Balaban J connectivity index is 2.00. The highest BCUT2D eigenvalue weighted by atomic mass is 19.1. The van der Waals surface area contributed by atoms with Gasteiger partial charge in [-0.15, -0.1) is 0 Å². The molecule has 0 spiro atoms. The van der Waals surface area contributed by atoms with Crippen LogP contribution in [-0.4, -0.2) is 5.84 Å². The van der Waals surface area contributed by atoms with Crippen LogP contribution < -0.4 is 5.73 Å². The van der Waals surface area contributed by atoms with Crippen LogP contribution in [0.1, 0.15) is 16.7 Å². The molecule has 2 rings (SSSR count). The fraction of sp³-hybridized carbons (Fsp3) is 0.133. The average Bonchev–Trinajstić information content (AvgIpc) is 2.41. The lowest BCUT2D eigenvalue weighted by molar-refractivity contribution is 0.105. The zero-order chi connectivity index (χ0) is 13.7. The van der Waals surface area contributed by atoms with Gasteiger partial charge in [0.25, 0.3) is 0 Å². The molecule has 2 aromatic rings. The fourth-order valence-corrected chi connectivity index (χ4v) is 1.80. The van der Waals surface area contributed by atoms with E-state index in [9.17, 15) is 4.39 Å². The van der Waals surface area contributed by atoms with Crippen molar-refractivity contribution in [2.24, 2.45) is 5.73 Å². The molecular weight excluding hydrogens is 243 g/mol. The van der Waals surface area contributed by atoms with Crippen LogP contribution in [0.5, 0.6) is 0 Å². The summed E-state index contributed by atoms with van der Waals surface area (Å²) in [5.74, 6) is -0.271. The van der Waals surface area contributed by atoms with Crippen molar-refractivity contribution in [3.05, 3.63) is 71.0 Å². The van der Waals surface area contributed by atoms with Crippen LogP contribution >= 0.6 is 0 Å². The largest absolute Gasteiger partial charge is 0.384 e. The van der Waals surface area contributed by atoms with Crippen molar-refractivity contribution in [3.8, 4) is 0 Å². The van der Waals surface area contributed by atoms with E-state index >= 15 is 0 Å². The summed E-state index contributed by atoms with van der Waals surface area (Å²) in [4.78, 5) is 0. The zero-order valence-corrected chi connectivity index (χ0v) is 10.4. The van der Waals surface area contributed by atoms with Gasteiger partial charge in [0.05, 0.1) is 13.2 Å². The summed E-state index contributed by atoms with van der Waals surface area (Å²) in [7, 11) is 0. The summed E-state index contributed by atoms with van der Waals surface area (Å²) in [5, 5.41) is 7.47. The lowest BCUT2D eigenvalue weighted by Gasteiger charge is -2.09. The first-order valence-corrected chi connectivity index (χ1v) is 5.92. The Morgan fingerprint density at radius 1 is 1.00 bits per heavy atom. The molecule has 0 unspecified atom stereocenters. The number of hydrogen-bond donors (Lipinski definition) is 2. The van der Waals surface area contributed by atoms with E-state index in [0.717, 1.165) is 5.56 Å². The molecule has 0 saturated carbocycles. The Bertz CT molecular complexity index is 584. The van der Waals surface area contributed by atoms with Gasteiger partial charge in [-0.25, -0.2) is 4.39 Å². The van der Waals surface area contributed by atoms with Crippen LogP contribution in [0.15, 0.2) is 48.5 Å². The van der Waals surface area contributed by atoms with E-state index in [1.54, 1.807) is 24.3 Å². The molecular formula is C15H15FN2O. The van der Waals surface area contributed by atoms with E-state index in [0.29, 0.717) is 17.7 Å². The molecule has 4 heteroatoms. The maximum Gasteiger partial charge on any atom is 0.128 e. The molecule has 0 aliphatic rings. The molecule has 0 heterocycles. The second-order valence-electron chi connectivity index (χ2n) is 4.16. The Hall–Kier alpha value is -2.20. The second-order valence-corrected chi connectivity index (χ2v) is 4.16. The molecule has 19 heavy (non-hydrogen) atoms. The first-order chi connectivity index (χ1) is 9.18. The number of amidine groups is 1. The summed E-state index contributed by atoms with van der Waals surface area (Å²) >= 11 is 0. The van der Waals surface area contributed by atoms with E-state index < -0.39 is 0 Å². The highest BCUT2D eigenvalue weighted by molar-refractivity contribution is 5.96. The summed E-state index contributed by atoms with van der Waals surface area (Å²) in [5.41, 5.74) is 7.48. The second kappa shape index (κ2) is 6.11. The van der Waals surface area contributed by atoms with Crippen molar-refractivity contribution in [3.63, 3.8) is 0 Å². The Labute approximate surface area is 111 Å². The summed E-state index contributed by atoms with van der Waals surface area (Å²) in [6.45, 7) is 0.489. The molecule has 0 atom stereocenters. The third kappa shape index (κ3) is 3.39. The molecule has 0 radical (unpaired) electrons. The van der Waals surface area contributed by atoms with Crippen LogP contribution in [0, 0.1) is 11.2 Å². The molecule has 2 aromatic carbocycles. The molecule has 0 aliphatic heterocycles. The third-order valence-electron chi connectivity index (χ3n) is 2.78. The lowest BCUT2D eigenvalue weighted by Crippen LogP contribution is -2.14. The molecule has 3 nitrogen and oxygen atoms in total. The predicted octanol–water partition coefficient (Wildman–Crippen LogP) is 2.83. The van der Waals surface area contributed by atoms with Crippen LogP contribution in [0.3, 0.4) is 0 Å². The smallest absolute Gasteiger partial charge is 0.128 e. The van der Waals surface area contributed by atoms with Gasteiger partial charge in [0.2, 0.25) is 0 Å². The average molecular weight is 258 g/mol. The van der Waals surface area contributed by atoms with Gasteiger partial charge in [-0.1, -0.05) is 42.5 Å². The minimum Gasteiger partial charge on any atom is -0.384 e. The molecule has 98 valence electrons. The molecule has 0 amide bonds. The van der Waals surface area contributed by atoms with Gasteiger partial charge in [0, 0.05) is 11.1 Å². The van der Waals surface area contributed by atoms with Gasteiger partial charge in [-0.05, 0) is 11.6 Å². The number of nitrogens with one attached hydrogen (secondary N) is 1. The Morgan fingerprint density at radius 2 is 1.58 bits per heavy atom. The van der Waals surface area contributed by atoms with Crippen molar-refractivity contribution in [2.45, 2.75) is 13.2 Å². The SMILES string of the molecule is N=C(N)c1ccccc1COCc1ccccc1F. The minimum absolute atomic E-state index is 0.00471. The van der Waals surface area contributed by atoms with E-state index in [4.69, 9.17) is 15.9 Å². The monoisotopic (exact) mass is 258 g/mol. The Kier molecular flexibility index (Phi) is 4.26. The molecule has 0 aliphatic carbocycles. The van der Waals surface area contributed by atoms with Gasteiger partial charge < -0.3 is 10.5 Å². The van der Waals surface area contributed by atoms with Crippen molar-refractivity contribution < 1.29 is 9.13 Å². The van der Waals surface area contributed by atoms with Gasteiger partial charge in [0.15, 0.2) is 0 Å². The van der Waals surface area contributed by atoms with Crippen molar-refractivity contribution in [2.75, 3.05) is 0 Å². The molecule has 0 fully saturated rings. The number of nitrogen functional groups attached to an aromatic ring is 1. The summed E-state index contributed by atoms with van der Waals surface area (Å²) < 4.78 is 18.9. The number of nitrogens with two attached hydrogens (primary N) is 1. The van der Waals surface area contributed by atoms with E-state index in [-0.39, 0.29) is 18.3 Å². The minimum atomic E-state index is -0.276. The fourth-order valence-electron chi connectivity index (χ4n) is 1.80. The van der Waals surface area contributed by atoms with Crippen LogP contribution in [0.4, 0.5) is 4.39 Å². The van der Waals surface area contributed by atoms with Crippen molar-refractivity contribution in [1.29, 1.82) is 5.41 Å². The number of hydrogen-bond acceptors (Lipinski definition) is 2. The quantitative estimate of drug-likeness (QED) is 0.640. The predicted molar refractivity (Wildman–Crippen MR) is 72.4 cm³/mol. The highest BCUT2D eigenvalue weighted by Crippen LogP contribution is 2.12. The van der Waals surface area contributed by atoms with Crippen molar-refractivity contribution in [1.82, 2.24) is 0 Å². The van der Waals surface area contributed by atoms with Gasteiger partial charge in [-0.2, -0.15) is 0 Å². The summed E-state index contributed by atoms with van der Waals surface area (Å²) in [6.07, 6.45) is 0. The van der Waals surface area contributed by atoms with Gasteiger partial charge >= 0.3 is 0 Å². The van der Waals surface area contributed by atoms with Crippen LogP contribution in [0.25, 0.3) is 0 Å². The zero-order valence-electron chi connectivity index (χ0n) is 10.4. The number of halogens is 1. The number of ether oxygens (including phenoxy) is 1. The molecule has 0 bridgehead atoms. The van der Waals surface area contributed by atoms with Crippen molar-refractivity contribution >= 4 is 5.84 Å². The lowest BCUT2D eigenvalue weighted by atomic mass is 10.1. The first-order valence-electron chi connectivity index (χ1n) is 5.92. The van der Waals surface area contributed by atoms with Crippen LogP contribution in [-0.2, 0) is 18.0 Å². The van der Waals surface area contributed by atoms with E-state index in [2.05, 4.69) is 0 Å². The third-order valence-corrected chi connectivity index (χ3v) is 2.78. The topological polar surface area (TPSA) is 59.1 Å². The normalized spacial score (nSPS) is 10.4.